The molecule has 182 valence electrons. The number of ether oxygens (including phenoxy) is 2. The van der Waals surface area contributed by atoms with E-state index in [4.69, 9.17) is 21.1 Å². The molecule has 0 aliphatic heterocycles. The van der Waals surface area contributed by atoms with Crippen molar-refractivity contribution in [2.75, 3.05) is 19.0 Å². The third-order valence-corrected chi connectivity index (χ3v) is 5.99. The number of alkyl halides is 1. The second kappa shape index (κ2) is 11.2. The van der Waals surface area contributed by atoms with Crippen molar-refractivity contribution >= 4 is 34.3 Å². The average Bonchev–Trinajstić information content (AvgIpc) is 3.27. The van der Waals surface area contributed by atoms with Gasteiger partial charge in [0.15, 0.2) is 5.65 Å². The molecule has 0 saturated carbocycles. The molecule has 0 fully saturated rings. The maximum atomic E-state index is 12.8. The van der Waals surface area contributed by atoms with Crippen LogP contribution in [0.25, 0.3) is 11.0 Å². The first-order valence-corrected chi connectivity index (χ1v) is 12.0. The number of aromatic nitrogens is 3. The van der Waals surface area contributed by atoms with E-state index in [0.29, 0.717) is 30.0 Å². The monoisotopic (exact) mass is 492 g/mol. The van der Waals surface area contributed by atoms with Crippen molar-refractivity contribution in [1.29, 1.82) is 0 Å². The van der Waals surface area contributed by atoms with Gasteiger partial charge >= 0.3 is 5.97 Å². The van der Waals surface area contributed by atoms with Crippen LogP contribution in [0, 0.1) is 0 Å². The third kappa shape index (κ3) is 5.92. The van der Waals surface area contributed by atoms with Crippen LogP contribution in [-0.4, -0.2) is 40.5 Å². The molecule has 7 nitrogen and oxygen atoms in total. The number of esters is 1. The van der Waals surface area contributed by atoms with Gasteiger partial charge in [0.25, 0.3) is 0 Å². The average molecular weight is 493 g/mol. The molecule has 2 aromatic heterocycles. The molecule has 1 N–H and O–H groups in total. The molecule has 4 aromatic rings. The molecule has 0 spiro atoms. The second-order valence-corrected chi connectivity index (χ2v) is 8.99. The van der Waals surface area contributed by atoms with Gasteiger partial charge in [-0.1, -0.05) is 42.5 Å². The minimum absolute atomic E-state index is 0.240. The number of benzene rings is 2. The highest BCUT2D eigenvalue weighted by Crippen LogP contribution is 2.29. The number of carbonyl (C=O) groups excluding carboxylic acids is 1. The summed E-state index contributed by atoms with van der Waals surface area (Å²) in [4.78, 5) is 17.4. The van der Waals surface area contributed by atoms with E-state index in [1.165, 1.54) is 0 Å². The van der Waals surface area contributed by atoms with E-state index in [2.05, 4.69) is 15.4 Å². The zero-order chi connectivity index (χ0) is 24.8. The van der Waals surface area contributed by atoms with Crippen molar-refractivity contribution in [3.8, 4) is 5.75 Å². The lowest BCUT2D eigenvalue weighted by Crippen LogP contribution is -2.16. The van der Waals surface area contributed by atoms with E-state index in [-0.39, 0.29) is 11.5 Å². The van der Waals surface area contributed by atoms with E-state index in [0.717, 1.165) is 28.7 Å². The van der Waals surface area contributed by atoms with Crippen LogP contribution in [0.2, 0.25) is 0 Å². The summed E-state index contributed by atoms with van der Waals surface area (Å²) in [6, 6.07) is 17.8. The normalized spacial score (nSPS) is 12.0. The number of nitrogens with one attached hydrogen (secondary N) is 1. The molecule has 4 rings (SSSR count). The number of hydrogen-bond acceptors (Lipinski definition) is 6. The minimum atomic E-state index is -0.423. The number of hydrogen-bond donors (Lipinski definition) is 1. The highest BCUT2D eigenvalue weighted by Gasteiger charge is 2.21. The van der Waals surface area contributed by atoms with Gasteiger partial charge in [0.05, 0.1) is 42.4 Å². The number of pyridine rings is 1. The summed E-state index contributed by atoms with van der Waals surface area (Å²) in [6.07, 6.45) is 3.79. The summed E-state index contributed by atoms with van der Waals surface area (Å²) in [5, 5.41) is 8.44. The van der Waals surface area contributed by atoms with Gasteiger partial charge in [0.2, 0.25) is 0 Å². The summed E-state index contributed by atoms with van der Waals surface area (Å²) < 4.78 is 12.5. The van der Waals surface area contributed by atoms with Crippen LogP contribution in [0.5, 0.6) is 5.75 Å². The van der Waals surface area contributed by atoms with E-state index >= 15 is 0 Å². The third-order valence-electron chi connectivity index (χ3n) is 5.60. The first-order chi connectivity index (χ1) is 17.0. The van der Waals surface area contributed by atoms with E-state index < -0.39 is 5.97 Å². The van der Waals surface area contributed by atoms with E-state index in [9.17, 15) is 4.79 Å². The van der Waals surface area contributed by atoms with Crippen LogP contribution in [-0.2, 0) is 17.7 Å². The molecule has 0 saturated heterocycles. The van der Waals surface area contributed by atoms with Crippen molar-refractivity contribution < 1.29 is 14.3 Å². The summed E-state index contributed by atoms with van der Waals surface area (Å²) in [6.45, 7) is 4.70. The Morgan fingerprint density at radius 1 is 1.09 bits per heavy atom. The summed E-state index contributed by atoms with van der Waals surface area (Å²) >= 11 is 6.66. The zero-order valence-corrected chi connectivity index (χ0v) is 20.8. The topological polar surface area (TPSA) is 78.3 Å². The van der Waals surface area contributed by atoms with Gasteiger partial charge < -0.3 is 14.8 Å². The van der Waals surface area contributed by atoms with Crippen molar-refractivity contribution in [3.63, 3.8) is 0 Å². The zero-order valence-electron chi connectivity index (χ0n) is 20.1. The van der Waals surface area contributed by atoms with E-state index in [1.54, 1.807) is 24.2 Å². The minimum Gasteiger partial charge on any atom is -0.497 e. The predicted molar refractivity (Wildman–Crippen MR) is 138 cm³/mol. The number of carbonyl (C=O) groups is 1. The quantitative estimate of drug-likeness (QED) is 0.228. The Balaban J connectivity index is 1.60. The van der Waals surface area contributed by atoms with Crippen LogP contribution < -0.4 is 10.1 Å². The molecule has 0 amide bonds. The van der Waals surface area contributed by atoms with Gasteiger partial charge in [-0.25, -0.2) is 14.5 Å². The molecule has 2 aromatic carbocycles. The Labute approximate surface area is 210 Å². The van der Waals surface area contributed by atoms with Crippen molar-refractivity contribution in [2.24, 2.45) is 0 Å². The molecule has 1 atom stereocenters. The van der Waals surface area contributed by atoms with Gasteiger partial charge in [0.1, 0.15) is 11.3 Å². The fraction of sp³-hybridized carbons (Fsp3) is 0.296. The number of fused-ring (bicyclic) bond motifs is 1. The molecule has 0 unspecified atom stereocenters. The van der Waals surface area contributed by atoms with Crippen molar-refractivity contribution in [3.05, 3.63) is 83.7 Å². The Kier molecular flexibility index (Phi) is 7.87. The SMILES string of the molecule is COc1ccc(CCNc2c(C(=O)OC(C)C)cnc3c2cnn3C[C@H](Cl)c2ccccc2)cc1. The number of halogens is 1. The summed E-state index contributed by atoms with van der Waals surface area (Å²) in [7, 11) is 1.65. The van der Waals surface area contributed by atoms with Crippen LogP contribution in [0.15, 0.2) is 67.0 Å². The largest absolute Gasteiger partial charge is 0.497 e. The number of anilines is 1. The molecular weight excluding hydrogens is 464 g/mol. The first kappa shape index (κ1) is 24.5. The fourth-order valence-electron chi connectivity index (χ4n) is 3.83. The lowest BCUT2D eigenvalue weighted by Gasteiger charge is -2.15. The van der Waals surface area contributed by atoms with Gasteiger partial charge in [0, 0.05) is 12.7 Å². The Bertz CT molecular complexity index is 1270. The maximum absolute atomic E-state index is 12.8. The standard InChI is InChI=1S/C27H29ClN4O3/c1-18(2)35-27(33)23-15-30-26-22(16-31-32(26)17-24(28)20-7-5-4-6-8-20)25(23)29-14-13-19-9-11-21(34-3)12-10-19/h4-12,15-16,18,24H,13-14,17H2,1-3H3,(H,29,30)/t24-/m0/s1. The molecule has 8 heteroatoms. The summed E-state index contributed by atoms with van der Waals surface area (Å²) in [5.74, 6) is 0.394. The molecular formula is C27H29ClN4O3. The Hall–Kier alpha value is -3.58. The number of nitrogens with zero attached hydrogens (tertiary/aromatic N) is 3. The lowest BCUT2D eigenvalue weighted by atomic mass is 10.1. The molecule has 0 bridgehead atoms. The van der Waals surface area contributed by atoms with Crippen LogP contribution in [0.1, 0.15) is 40.7 Å². The lowest BCUT2D eigenvalue weighted by molar-refractivity contribution is 0.0379. The fourth-order valence-corrected chi connectivity index (χ4v) is 4.10. The maximum Gasteiger partial charge on any atom is 0.342 e. The second-order valence-electron chi connectivity index (χ2n) is 8.47. The van der Waals surface area contributed by atoms with Crippen molar-refractivity contribution in [2.45, 2.75) is 38.3 Å². The highest BCUT2D eigenvalue weighted by atomic mass is 35.5. The van der Waals surface area contributed by atoms with E-state index in [1.807, 2.05) is 68.4 Å². The molecule has 2 heterocycles. The predicted octanol–water partition coefficient (Wildman–Crippen LogP) is 5.64. The number of rotatable bonds is 10. The van der Waals surface area contributed by atoms with Gasteiger partial charge in [-0.2, -0.15) is 5.10 Å². The molecule has 0 aliphatic carbocycles. The van der Waals surface area contributed by atoms with Gasteiger partial charge in [-0.3, -0.25) is 0 Å². The molecule has 35 heavy (non-hydrogen) atoms. The van der Waals surface area contributed by atoms with Gasteiger partial charge in [-0.15, -0.1) is 11.6 Å². The molecule has 0 aliphatic rings. The molecule has 0 radical (unpaired) electrons. The smallest absolute Gasteiger partial charge is 0.342 e. The van der Waals surface area contributed by atoms with Crippen LogP contribution in [0.3, 0.4) is 0 Å². The van der Waals surface area contributed by atoms with Crippen LogP contribution >= 0.6 is 11.6 Å². The van der Waals surface area contributed by atoms with Gasteiger partial charge in [-0.05, 0) is 43.5 Å². The number of methoxy groups -OCH3 is 1. The summed E-state index contributed by atoms with van der Waals surface area (Å²) in [5.41, 5.74) is 3.85. The van der Waals surface area contributed by atoms with Crippen LogP contribution in [0.4, 0.5) is 5.69 Å². The first-order valence-electron chi connectivity index (χ1n) is 11.6. The van der Waals surface area contributed by atoms with Crippen molar-refractivity contribution in [1.82, 2.24) is 14.8 Å². The highest BCUT2D eigenvalue weighted by molar-refractivity contribution is 6.20. The Morgan fingerprint density at radius 2 is 1.83 bits per heavy atom. The Morgan fingerprint density at radius 3 is 2.51 bits per heavy atom.